The van der Waals surface area contributed by atoms with Gasteiger partial charge in [0.25, 0.3) is 0 Å². The number of aryl methyl sites for hydroxylation is 1. The molecule has 0 saturated carbocycles. The van der Waals surface area contributed by atoms with Gasteiger partial charge in [0, 0.05) is 17.8 Å². The smallest absolute Gasteiger partial charge is 0.159 e. The Morgan fingerprint density at radius 3 is 2.63 bits per heavy atom. The summed E-state index contributed by atoms with van der Waals surface area (Å²) in [5.74, 6) is 1.84. The number of nitrogens with one attached hydrogen (secondary N) is 1. The van der Waals surface area contributed by atoms with Crippen molar-refractivity contribution < 1.29 is 4.74 Å². The van der Waals surface area contributed by atoms with Gasteiger partial charge in [-0.3, -0.25) is 0 Å². The molecule has 0 aliphatic carbocycles. The van der Waals surface area contributed by atoms with Gasteiger partial charge in [-0.25, -0.2) is 9.97 Å². The second-order valence-electron chi connectivity index (χ2n) is 5.29. The average Bonchev–Trinajstić information content (AvgIpc) is 2.82. The number of nitrogens with zero attached hydrogens (tertiary/aromatic N) is 2. The Balaban J connectivity index is 2.27. The Morgan fingerprint density at radius 1 is 1.26 bits per heavy atom. The van der Waals surface area contributed by atoms with Gasteiger partial charge in [0.15, 0.2) is 5.82 Å². The largest absolute Gasteiger partial charge is 0.370 e. The summed E-state index contributed by atoms with van der Waals surface area (Å²) in [5, 5.41) is 3.42. The van der Waals surface area contributed by atoms with Crippen molar-refractivity contribution in [2.75, 3.05) is 11.9 Å². The van der Waals surface area contributed by atoms with E-state index < -0.39 is 0 Å². The molecule has 4 heteroatoms. The molecule has 0 aromatic carbocycles. The lowest BCUT2D eigenvalue weighted by atomic mass is 10.1. The zero-order chi connectivity index (χ0) is 13.8. The van der Waals surface area contributed by atoms with E-state index >= 15 is 0 Å². The molecule has 0 spiro atoms. The first-order valence-corrected chi connectivity index (χ1v) is 7.42. The van der Waals surface area contributed by atoms with E-state index in [9.17, 15) is 0 Å². The van der Waals surface area contributed by atoms with Crippen molar-refractivity contribution in [2.24, 2.45) is 0 Å². The van der Waals surface area contributed by atoms with Crippen molar-refractivity contribution in [3.63, 3.8) is 0 Å². The van der Waals surface area contributed by atoms with Gasteiger partial charge >= 0.3 is 0 Å². The summed E-state index contributed by atoms with van der Waals surface area (Å²) >= 11 is 0. The Kier molecular flexibility index (Phi) is 4.75. The van der Waals surface area contributed by atoms with E-state index in [4.69, 9.17) is 9.72 Å². The van der Waals surface area contributed by atoms with Gasteiger partial charge in [-0.05, 0) is 39.5 Å². The molecule has 0 bridgehead atoms. The lowest BCUT2D eigenvalue weighted by Gasteiger charge is -2.16. The third-order valence-electron chi connectivity index (χ3n) is 3.65. The maximum Gasteiger partial charge on any atom is 0.159 e. The number of aromatic nitrogens is 2. The van der Waals surface area contributed by atoms with Crippen molar-refractivity contribution >= 4 is 5.82 Å². The topological polar surface area (TPSA) is 47.0 Å². The molecule has 1 aliphatic rings. The van der Waals surface area contributed by atoms with Crippen LogP contribution in [0.3, 0.4) is 0 Å². The third-order valence-corrected chi connectivity index (χ3v) is 3.65. The molecule has 106 valence electrons. The molecule has 4 nitrogen and oxygen atoms in total. The Labute approximate surface area is 116 Å². The number of rotatable bonds is 5. The fourth-order valence-corrected chi connectivity index (χ4v) is 2.57. The number of hydrogen-bond acceptors (Lipinski definition) is 4. The van der Waals surface area contributed by atoms with Gasteiger partial charge in [-0.15, -0.1) is 0 Å². The molecular weight excluding hydrogens is 238 g/mol. The molecule has 1 fully saturated rings. The first kappa shape index (κ1) is 14.3. The number of hydrogen-bond donors (Lipinski definition) is 1. The van der Waals surface area contributed by atoms with Crippen LogP contribution in [-0.2, 0) is 11.2 Å². The van der Waals surface area contributed by atoms with Crippen LogP contribution in [0.2, 0.25) is 0 Å². The van der Waals surface area contributed by atoms with Gasteiger partial charge in [-0.1, -0.05) is 13.8 Å². The molecule has 1 aliphatic heterocycles. The molecule has 2 heterocycles. The zero-order valence-electron chi connectivity index (χ0n) is 12.5. The average molecular weight is 263 g/mol. The van der Waals surface area contributed by atoms with Gasteiger partial charge in [-0.2, -0.15) is 0 Å². The number of anilines is 1. The van der Waals surface area contributed by atoms with Crippen molar-refractivity contribution in [3.05, 3.63) is 17.1 Å². The van der Waals surface area contributed by atoms with E-state index in [1.807, 2.05) is 0 Å². The fraction of sp³-hybridized carbons (Fsp3) is 0.733. The van der Waals surface area contributed by atoms with E-state index in [1.54, 1.807) is 0 Å². The highest BCUT2D eigenvalue weighted by molar-refractivity contribution is 5.46. The van der Waals surface area contributed by atoms with Crippen LogP contribution in [0.1, 0.15) is 63.2 Å². The monoisotopic (exact) mass is 263 g/mol. The molecule has 1 N–H and O–H groups in total. The molecule has 2 unspecified atom stereocenters. The van der Waals surface area contributed by atoms with Crippen LogP contribution in [0.4, 0.5) is 5.82 Å². The molecule has 19 heavy (non-hydrogen) atoms. The summed E-state index contributed by atoms with van der Waals surface area (Å²) in [6.45, 7) is 9.44. The van der Waals surface area contributed by atoms with E-state index in [1.165, 1.54) is 5.56 Å². The normalized spacial score (nSPS) is 22.7. The van der Waals surface area contributed by atoms with Gasteiger partial charge < -0.3 is 10.1 Å². The highest BCUT2D eigenvalue weighted by atomic mass is 16.5. The maximum atomic E-state index is 5.88. The van der Waals surface area contributed by atoms with Gasteiger partial charge in [0.1, 0.15) is 11.9 Å². The van der Waals surface area contributed by atoms with Gasteiger partial charge in [0.05, 0.1) is 6.10 Å². The first-order chi connectivity index (χ1) is 9.15. The van der Waals surface area contributed by atoms with Crippen molar-refractivity contribution in [1.29, 1.82) is 0 Å². The summed E-state index contributed by atoms with van der Waals surface area (Å²) in [7, 11) is 0. The third kappa shape index (κ3) is 3.24. The quantitative estimate of drug-likeness (QED) is 0.884. The van der Waals surface area contributed by atoms with Crippen LogP contribution in [-0.4, -0.2) is 22.6 Å². The standard InChI is InChI=1S/C15H25N3O/c1-5-9-16-14-12(6-2)11(4)17-15(18-14)13-8-7-10(3)19-13/h10,13H,5-9H2,1-4H3,(H,16,17,18). The highest BCUT2D eigenvalue weighted by Gasteiger charge is 2.26. The lowest BCUT2D eigenvalue weighted by molar-refractivity contribution is 0.0502. The van der Waals surface area contributed by atoms with Crippen LogP contribution < -0.4 is 5.32 Å². The van der Waals surface area contributed by atoms with E-state index in [0.29, 0.717) is 6.10 Å². The maximum absolute atomic E-state index is 5.88. The minimum atomic E-state index is 0.0711. The Bertz CT molecular complexity index is 434. The molecule has 2 atom stereocenters. The molecule has 1 saturated heterocycles. The highest BCUT2D eigenvalue weighted by Crippen LogP contribution is 2.32. The van der Waals surface area contributed by atoms with E-state index in [0.717, 1.165) is 49.6 Å². The molecular formula is C15H25N3O. The predicted octanol–water partition coefficient (Wildman–Crippen LogP) is 3.41. The Hall–Kier alpha value is -1.16. The summed E-state index contributed by atoms with van der Waals surface area (Å²) in [6, 6.07) is 0. The Morgan fingerprint density at radius 2 is 2.05 bits per heavy atom. The van der Waals surface area contributed by atoms with Crippen LogP contribution >= 0.6 is 0 Å². The van der Waals surface area contributed by atoms with Crippen molar-refractivity contribution in [3.8, 4) is 0 Å². The predicted molar refractivity (Wildman–Crippen MR) is 77.4 cm³/mol. The summed E-state index contributed by atoms with van der Waals surface area (Å²) in [6.07, 6.45) is 4.58. The minimum Gasteiger partial charge on any atom is -0.370 e. The van der Waals surface area contributed by atoms with Crippen LogP contribution in [0.5, 0.6) is 0 Å². The minimum absolute atomic E-state index is 0.0711. The SMILES string of the molecule is CCCNc1nc(C2CCC(C)O2)nc(C)c1CC. The number of ether oxygens (including phenoxy) is 1. The van der Waals surface area contributed by atoms with Crippen molar-refractivity contribution in [2.45, 2.75) is 65.6 Å². The van der Waals surface area contributed by atoms with Crippen LogP contribution in [0, 0.1) is 6.92 Å². The zero-order valence-corrected chi connectivity index (χ0v) is 12.5. The first-order valence-electron chi connectivity index (χ1n) is 7.42. The molecule has 1 aromatic heterocycles. The summed E-state index contributed by atoms with van der Waals surface area (Å²) in [5.41, 5.74) is 2.30. The van der Waals surface area contributed by atoms with Crippen LogP contribution in [0.25, 0.3) is 0 Å². The fourth-order valence-electron chi connectivity index (χ4n) is 2.57. The molecule has 0 amide bonds. The second kappa shape index (κ2) is 6.33. The molecule has 2 rings (SSSR count). The summed E-state index contributed by atoms with van der Waals surface area (Å²) < 4.78 is 5.88. The van der Waals surface area contributed by atoms with Crippen LogP contribution in [0.15, 0.2) is 0 Å². The second-order valence-corrected chi connectivity index (χ2v) is 5.29. The lowest BCUT2D eigenvalue weighted by Crippen LogP contribution is -2.13. The van der Waals surface area contributed by atoms with E-state index in [-0.39, 0.29) is 6.10 Å². The molecule has 1 aromatic rings. The molecule has 0 radical (unpaired) electrons. The van der Waals surface area contributed by atoms with E-state index in [2.05, 4.69) is 38.0 Å². The van der Waals surface area contributed by atoms with Crippen molar-refractivity contribution in [1.82, 2.24) is 9.97 Å². The summed E-state index contributed by atoms with van der Waals surface area (Å²) in [4.78, 5) is 9.36. The van der Waals surface area contributed by atoms with Gasteiger partial charge in [0.2, 0.25) is 0 Å².